The molecule has 0 atom stereocenters. The van der Waals surface area contributed by atoms with Crippen LogP contribution >= 0.6 is 0 Å². The number of fused-ring (bicyclic) bond motifs is 1. The highest BCUT2D eigenvalue weighted by Crippen LogP contribution is 2.29. The molecule has 2 aromatic heterocycles. The zero-order chi connectivity index (χ0) is 15.7. The number of hydrogen-bond acceptors (Lipinski definition) is 5. The first-order chi connectivity index (χ1) is 10.4. The topological polar surface area (TPSA) is 91.0 Å². The van der Waals surface area contributed by atoms with E-state index in [1.807, 2.05) is 19.3 Å². The Morgan fingerprint density at radius 3 is 2.68 bits per heavy atom. The molecular formula is C14H21N5O2S. The fraction of sp³-hybridized carbons (Fsp3) is 0.571. The number of anilines is 1. The average Bonchev–Trinajstić information content (AvgIpc) is 2.94. The Balaban J connectivity index is 1.70. The van der Waals surface area contributed by atoms with Gasteiger partial charge in [-0.2, -0.15) is 0 Å². The van der Waals surface area contributed by atoms with E-state index in [0.717, 1.165) is 42.5 Å². The summed E-state index contributed by atoms with van der Waals surface area (Å²) in [7, 11) is -1.08. The van der Waals surface area contributed by atoms with Crippen LogP contribution in [0.2, 0.25) is 0 Å². The molecule has 0 spiro atoms. The fourth-order valence-corrected chi connectivity index (χ4v) is 4.04. The maximum Gasteiger partial charge on any atom is 0.208 e. The monoisotopic (exact) mass is 323 g/mol. The van der Waals surface area contributed by atoms with Gasteiger partial charge in [0.25, 0.3) is 0 Å². The zero-order valence-electron chi connectivity index (χ0n) is 12.8. The normalized spacial score (nSPS) is 22.8. The molecule has 120 valence electrons. The highest BCUT2D eigenvalue weighted by atomic mass is 32.2. The molecule has 2 N–H and O–H groups in total. The molecule has 22 heavy (non-hydrogen) atoms. The molecule has 0 amide bonds. The molecule has 8 heteroatoms. The van der Waals surface area contributed by atoms with Crippen LogP contribution in [0.15, 0.2) is 18.6 Å². The second-order valence-electron chi connectivity index (χ2n) is 5.94. The molecule has 0 aliphatic heterocycles. The first-order valence-corrected chi connectivity index (χ1v) is 9.31. The van der Waals surface area contributed by atoms with E-state index in [1.54, 1.807) is 6.33 Å². The molecule has 1 aliphatic rings. The third-order valence-electron chi connectivity index (χ3n) is 4.29. The van der Waals surface area contributed by atoms with Gasteiger partial charge in [0.05, 0.1) is 11.6 Å². The van der Waals surface area contributed by atoms with Gasteiger partial charge < -0.3 is 9.88 Å². The number of sulfonamides is 1. The van der Waals surface area contributed by atoms with Crippen LogP contribution in [0.25, 0.3) is 11.0 Å². The van der Waals surface area contributed by atoms with Crippen molar-refractivity contribution in [2.75, 3.05) is 18.2 Å². The Bertz CT molecular complexity index is 749. The van der Waals surface area contributed by atoms with Crippen LogP contribution in [0.5, 0.6) is 0 Å². The molecule has 1 saturated carbocycles. The van der Waals surface area contributed by atoms with E-state index in [0.29, 0.717) is 6.04 Å². The summed E-state index contributed by atoms with van der Waals surface area (Å²) in [6, 6.07) is 2.40. The lowest BCUT2D eigenvalue weighted by molar-refractivity contribution is 0.365. The van der Waals surface area contributed by atoms with Crippen molar-refractivity contribution in [2.24, 2.45) is 0 Å². The summed E-state index contributed by atoms with van der Waals surface area (Å²) in [4.78, 5) is 13.9. The van der Waals surface area contributed by atoms with Gasteiger partial charge in [0.1, 0.15) is 17.8 Å². The van der Waals surface area contributed by atoms with E-state index in [-0.39, 0.29) is 6.04 Å². The molecule has 7 nitrogen and oxygen atoms in total. The minimum Gasteiger partial charge on any atom is -0.356 e. The lowest BCUT2D eigenvalue weighted by Crippen LogP contribution is -2.42. The summed E-state index contributed by atoms with van der Waals surface area (Å²) in [6.07, 6.45) is 8.24. The van der Waals surface area contributed by atoms with Crippen molar-refractivity contribution < 1.29 is 8.42 Å². The van der Waals surface area contributed by atoms with Crippen molar-refractivity contribution in [1.29, 1.82) is 0 Å². The number of hydrogen-bond donors (Lipinski definition) is 2. The molecule has 0 saturated heterocycles. The Morgan fingerprint density at radius 2 is 2.00 bits per heavy atom. The van der Waals surface area contributed by atoms with Gasteiger partial charge >= 0.3 is 0 Å². The first-order valence-electron chi connectivity index (χ1n) is 7.42. The maximum atomic E-state index is 11.3. The summed E-state index contributed by atoms with van der Waals surface area (Å²) < 4.78 is 25.3. The lowest BCUT2D eigenvalue weighted by Gasteiger charge is -2.35. The SMILES string of the molecule is CN(c1ncnc2[nH]ccc12)C1CCC(NS(C)(=O)=O)CC1. The minimum absolute atomic E-state index is 0.0531. The molecule has 0 unspecified atom stereocenters. The highest BCUT2D eigenvalue weighted by molar-refractivity contribution is 7.88. The van der Waals surface area contributed by atoms with E-state index >= 15 is 0 Å². The van der Waals surface area contributed by atoms with Gasteiger partial charge in [-0.3, -0.25) is 0 Å². The van der Waals surface area contributed by atoms with Crippen molar-refractivity contribution in [1.82, 2.24) is 19.7 Å². The van der Waals surface area contributed by atoms with Gasteiger partial charge in [-0.25, -0.2) is 23.1 Å². The largest absolute Gasteiger partial charge is 0.356 e. The van der Waals surface area contributed by atoms with Crippen molar-refractivity contribution in [3.8, 4) is 0 Å². The van der Waals surface area contributed by atoms with Crippen LogP contribution in [-0.2, 0) is 10.0 Å². The van der Waals surface area contributed by atoms with Crippen LogP contribution in [0.4, 0.5) is 5.82 Å². The van der Waals surface area contributed by atoms with Gasteiger partial charge in [-0.05, 0) is 31.7 Å². The van der Waals surface area contributed by atoms with Crippen LogP contribution in [-0.4, -0.2) is 48.8 Å². The Hall–Kier alpha value is -1.67. The molecule has 3 rings (SSSR count). The second-order valence-corrected chi connectivity index (χ2v) is 7.72. The van der Waals surface area contributed by atoms with Crippen LogP contribution in [0, 0.1) is 0 Å². The van der Waals surface area contributed by atoms with Crippen molar-refractivity contribution in [3.05, 3.63) is 18.6 Å². The van der Waals surface area contributed by atoms with Crippen molar-refractivity contribution in [2.45, 2.75) is 37.8 Å². The van der Waals surface area contributed by atoms with Crippen LogP contribution < -0.4 is 9.62 Å². The summed E-state index contributed by atoms with van der Waals surface area (Å²) in [6.45, 7) is 0. The quantitative estimate of drug-likeness (QED) is 0.884. The van der Waals surface area contributed by atoms with Gasteiger partial charge in [0.15, 0.2) is 0 Å². The summed E-state index contributed by atoms with van der Waals surface area (Å²) in [5.74, 6) is 0.922. The Labute approximate surface area is 130 Å². The van der Waals surface area contributed by atoms with Gasteiger partial charge in [-0.1, -0.05) is 0 Å². The predicted octanol–water partition coefficient (Wildman–Crippen LogP) is 1.25. The third-order valence-corrected chi connectivity index (χ3v) is 5.05. The van der Waals surface area contributed by atoms with E-state index in [9.17, 15) is 8.42 Å². The second kappa shape index (κ2) is 5.85. The average molecular weight is 323 g/mol. The number of aromatic nitrogens is 3. The van der Waals surface area contributed by atoms with E-state index < -0.39 is 10.0 Å². The molecule has 0 radical (unpaired) electrons. The van der Waals surface area contributed by atoms with E-state index in [1.165, 1.54) is 6.26 Å². The van der Waals surface area contributed by atoms with Crippen molar-refractivity contribution >= 4 is 26.9 Å². The molecule has 0 aromatic carbocycles. The minimum atomic E-state index is -3.12. The summed E-state index contributed by atoms with van der Waals surface area (Å²) in [5.41, 5.74) is 0.837. The van der Waals surface area contributed by atoms with Gasteiger partial charge in [0.2, 0.25) is 10.0 Å². The summed E-state index contributed by atoms with van der Waals surface area (Å²) >= 11 is 0. The zero-order valence-corrected chi connectivity index (χ0v) is 13.6. The number of aromatic amines is 1. The lowest BCUT2D eigenvalue weighted by atomic mass is 9.91. The van der Waals surface area contributed by atoms with Crippen LogP contribution in [0.3, 0.4) is 0 Å². The fourth-order valence-electron chi connectivity index (χ4n) is 3.20. The standard InChI is InChI=1S/C14H21N5O2S/c1-19(14-12-7-8-15-13(12)16-9-17-14)11-5-3-10(4-6-11)18-22(2,20)21/h7-11,18H,3-6H2,1-2H3,(H,15,16,17). The van der Waals surface area contributed by atoms with Crippen molar-refractivity contribution in [3.63, 3.8) is 0 Å². The number of nitrogens with one attached hydrogen (secondary N) is 2. The Kier molecular flexibility index (Phi) is 4.05. The van der Waals surface area contributed by atoms with E-state index in [4.69, 9.17) is 0 Å². The number of nitrogens with zero attached hydrogens (tertiary/aromatic N) is 3. The molecule has 0 bridgehead atoms. The Morgan fingerprint density at radius 1 is 1.27 bits per heavy atom. The van der Waals surface area contributed by atoms with Gasteiger partial charge in [-0.15, -0.1) is 0 Å². The first kappa shape index (κ1) is 15.2. The van der Waals surface area contributed by atoms with Crippen LogP contribution in [0.1, 0.15) is 25.7 Å². The molecule has 2 heterocycles. The summed E-state index contributed by atoms with van der Waals surface area (Å²) in [5, 5.41) is 1.02. The molecular weight excluding hydrogens is 302 g/mol. The number of H-pyrrole nitrogens is 1. The molecule has 1 fully saturated rings. The third kappa shape index (κ3) is 3.22. The van der Waals surface area contributed by atoms with E-state index in [2.05, 4.69) is 24.6 Å². The molecule has 2 aromatic rings. The highest BCUT2D eigenvalue weighted by Gasteiger charge is 2.27. The number of rotatable bonds is 4. The smallest absolute Gasteiger partial charge is 0.208 e. The predicted molar refractivity (Wildman–Crippen MR) is 86.3 cm³/mol. The maximum absolute atomic E-state index is 11.3. The molecule has 1 aliphatic carbocycles. The van der Waals surface area contributed by atoms with Gasteiger partial charge in [0, 0.05) is 25.3 Å².